The number of alkyl halides is 1. The smallest absolute Gasteiger partial charge is 0.311 e. The van der Waals surface area contributed by atoms with Gasteiger partial charge in [-0.25, -0.2) is 0 Å². The predicted molar refractivity (Wildman–Crippen MR) is 86.6 cm³/mol. The normalized spacial score (nSPS) is 15.6. The molecule has 2 rings (SSSR count). The van der Waals surface area contributed by atoms with Crippen LogP contribution < -0.4 is 5.32 Å². The molecule has 0 bridgehead atoms. The number of carbonyl (C=O) groups excluding carboxylic acids is 2. The highest BCUT2D eigenvalue weighted by molar-refractivity contribution is 6.35. The molecule has 0 aromatic heterocycles. The van der Waals surface area contributed by atoms with E-state index in [1.54, 1.807) is 4.90 Å². The highest BCUT2D eigenvalue weighted by Gasteiger charge is 2.25. The molecule has 0 atom stereocenters. The number of benzene rings is 1. The summed E-state index contributed by atoms with van der Waals surface area (Å²) in [5.41, 5.74) is 1.26. The molecule has 0 unspecified atom stereocenters. The van der Waals surface area contributed by atoms with Gasteiger partial charge in [-0.2, -0.15) is 0 Å². The Morgan fingerprint density at radius 3 is 2.41 bits per heavy atom. The van der Waals surface area contributed by atoms with Crippen molar-refractivity contribution in [3.63, 3.8) is 0 Å². The van der Waals surface area contributed by atoms with E-state index in [0.717, 1.165) is 19.6 Å². The lowest BCUT2D eigenvalue weighted by Gasteiger charge is -2.34. The van der Waals surface area contributed by atoms with Gasteiger partial charge in [0.1, 0.15) is 0 Å². The molecule has 1 fully saturated rings. The minimum Gasteiger partial charge on any atom is -0.348 e. The maximum absolute atomic E-state index is 12.0. The zero-order chi connectivity index (χ0) is 15.8. The van der Waals surface area contributed by atoms with Crippen LogP contribution in [0.3, 0.4) is 0 Å². The number of hydrogen-bond acceptors (Lipinski definition) is 3. The van der Waals surface area contributed by atoms with Crippen LogP contribution in [0.4, 0.5) is 0 Å². The van der Waals surface area contributed by atoms with Crippen LogP contribution in [0.5, 0.6) is 0 Å². The number of carbonyl (C=O) groups is 2. The Hall–Kier alpha value is -1.59. The highest BCUT2D eigenvalue weighted by atomic mass is 35.5. The number of amides is 2. The van der Waals surface area contributed by atoms with Crippen LogP contribution >= 0.6 is 11.6 Å². The van der Waals surface area contributed by atoms with E-state index in [0.29, 0.717) is 31.9 Å². The van der Waals surface area contributed by atoms with Crippen molar-refractivity contribution >= 4 is 23.4 Å². The summed E-state index contributed by atoms with van der Waals surface area (Å²) < 4.78 is 0. The van der Waals surface area contributed by atoms with E-state index in [9.17, 15) is 9.59 Å². The minimum absolute atomic E-state index is 0.436. The van der Waals surface area contributed by atoms with Crippen LogP contribution in [0.25, 0.3) is 0 Å². The first-order valence-corrected chi connectivity index (χ1v) is 8.13. The van der Waals surface area contributed by atoms with Crippen LogP contribution in [-0.4, -0.2) is 60.2 Å². The van der Waals surface area contributed by atoms with E-state index >= 15 is 0 Å². The molecule has 1 aliphatic rings. The van der Waals surface area contributed by atoms with Crippen LogP contribution in [0.1, 0.15) is 12.0 Å². The van der Waals surface area contributed by atoms with Crippen LogP contribution in [-0.2, 0) is 16.1 Å². The molecule has 0 aliphatic carbocycles. The number of rotatable bonds is 5. The second-order valence-electron chi connectivity index (χ2n) is 5.35. The Balaban J connectivity index is 1.74. The predicted octanol–water partition coefficient (Wildman–Crippen LogP) is 1.08. The monoisotopic (exact) mass is 323 g/mol. The number of nitrogens with zero attached hydrogens (tertiary/aromatic N) is 2. The largest absolute Gasteiger partial charge is 0.348 e. The molecule has 22 heavy (non-hydrogen) atoms. The average molecular weight is 324 g/mol. The zero-order valence-electron chi connectivity index (χ0n) is 12.6. The molecular weight excluding hydrogens is 302 g/mol. The zero-order valence-corrected chi connectivity index (χ0v) is 13.4. The number of hydrogen-bond donors (Lipinski definition) is 1. The van der Waals surface area contributed by atoms with Crippen molar-refractivity contribution in [2.45, 2.75) is 13.0 Å². The summed E-state index contributed by atoms with van der Waals surface area (Å²) in [5, 5.41) is 2.60. The molecule has 120 valence electrons. The first kappa shape index (κ1) is 16.8. The van der Waals surface area contributed by atoms with Gasteiger partial charge in [0.05, 0.1) is 0 Å². The van der Waals surface area contributed by atoms with Crippen molar-refractivity contribution in [3.05, 3.63) is 35.9 Å². The molecule has 1 aromatic rings. The summed E-state index contributed by atoms with van der Waals surface area (Å²) in [6, 6.07) is 10.3. The van der Waals surface area contributed by atoms with Crippen molar-refractivity contribution in [2.24, 2.45) is 0 Å². The van der Waals surface area contributed by atoms with Crippen molar-refractivity contribution in [2.75, 3.05) is 38.6 Å². The molecule has 1 heterocycles. The first-order valence-electron chi connectivity index (χ1n) is 7.60. The van der Waals surface area contributed by atoms with E-state index < -0.39 is 11.8 Å². The standard InChI is InChI=1S/C16H22ClN3O2/c17-7-4-8-18-15(21)16(22)20-11-9-19(10-12-20)13-14-5-2-1-3-6-14/h1-3,5-6H,4,7-13H2,(H,18,21). The summed E-state index contributed by atoms with van der Waals surface area (Å²) >= 11 is 5.54. The van der Waals surface area contributed by atoms with E-state index in [1.165, 1.54) is 5.56 Å². The van der Waals surface area contributed by atoms with Crippen molar-refractivity contribution in [3.8, 4) is 0 Å². The van der Waals surface area contributed by atoms with E-state index in [4.69, 9.17) is 11.6 Å². The fourth-order valence-electron chi connectivity index (χ4n) is 2.44. The van der Waals surface area contributed by atoms with Gasteiger partial charge in [-0.15, -0.1) is 11.6 Å². The third-order valence-corrected chi connectivity index (χ3v) is 3.97. The quantitative estimate of drug-likeness (QED) is 0.501. The van der Waals surface area contributed by atoms with E-state index in [1.807, 2.05) is 18.2 Å². The minimum atomic E-state index is -0.526. The summed E-state index contributed by atoms with van der Waals surface area (Å²) in [4.78, 5) is 27.7. The van der Waals surface area contributed by atoms with Gasteiger partial charge < -0.3 is 10.2 Å². The Morgan fingerprint density at radius 2 is 1.77 bits per heavy atom. The third kappa shape index (κ3) is 5.00. The van der Waals surface area contributed by atoms with Crippen molar-refractivity contribution < 1.29 is 9.59 Å². The lowest BCUT2D eigenvalue weighted by molar-refractivity contribution is -0.147. The molecule has 1 saturated heterocycles. The SMILES string of the molecule is O=C(NCCCCl)C(=O)N1CCN(Cc2ccccc2)CC1. The Bertz CT molecular complexity index is 487. The van der Waals surface area contributed by atoms with Gasteiger partial charge in [0.15, 0.2) is 0 Å². The second kappa shape index (κ2) is 8.76. The van der Waals surface area contributed by atoms with Gasteiger partial charge in [-0.3, -0.25) is 14.5 Å². The fraction of sp³-hybridized carbons (Fsp3) is 0.500. The molecule has 1 aliphatic heterocycles. The summed E-state index contributed by atoms with van der Waals surface area (Å²) in [6.45, 7) is 4.08. The van der Waals surface area contributed by atoms with Gasteiger partial charge >= 0.3 is 11.8 Å². The maximum Gasteiger partial charge on any atom is 0.311 e. The van der Waals surface area contributed by atoms with Gasteiger partial charge in [0, 0.05) is 45.1 Å². The Morgan fingerprint density at radius 1 is 1.09 bits per heavy atom. The second-order valence-corrected chi connectivity index (χ2v) is 5.73. The van der Waals surface area contributed by atoms with Gasteiger partial charge in [-0.1, -0.05) is 30.3 Å². The third-order valence-electron chi connectivity index (χ3n) is 3.70. The molecule has 1 N–H and O–H groups in total. The van der Waals surface area contributed by atoms with Crippen LogP contribution in [0, 0.1) is 0 Å². The van der Waals surface area contributed by atoms with Gasteiger partial charge in [-0.05, 0) is 12.0 Å². The summed E-state index contributed by atoms with van der Waals surface area (Å²) in [7, 11) is 0. The summed E-state index contributed by atoms with van der Waals surface area (Å²) in [6.07, 6.45) is 0.672. The van der Waals surface area contributed by atoms with E-state index in [2.05, 4.69) is 22.3 Å². The highest BCUT2D eigenvalue weighted by Crippen LogP contribution is 2.08. The molecular formula is C16H22ClN3O2. The Labute approximate surface area is 136 Å². The molecule has 0 saturated carbocycles. The van der Waals surface area contributed by atoms with E-state index in [-0.39, 0.29) is 0 Å². The molecule has 1 aromatic carbocycles. The van der Waals surface area contributed by atoms with Gasteiger partial charge in [0.25, 0.3) is 0 Å². The van der Waals surface area contributed by atoms with Crippen LogP contribution in [0.15, 0.2) is 30.3 Å². The number of nitrogens with one attached hydrogen (secondary N) is 1. The summed E-state index contributed by atoms with van der Waals surface area (Å²) in [5.74, 6) is -0.484. The Kier molecular flexibility index (Phi) is 6.68. The topological polar surface area (TPSA) is 52.7 Å². The average Bonchev–Trinajstić information content (AvgIpc) is 2.56. The fourth-order valence-corrected chi connectivity index (χ4v) is 2.57. The van der Waals surface area contributed by atoms with Crippen molar-refractivity contribution in [1.29, 1.82) is 0 Å². The maximum atomic E-state index is 12.0. The molecule has 2 amide bonds. The lowest BCUT2D eigenvalue weighted by Crippen LogP contribution is -2.52. The van der Waals surface area contributed by atoms with Crippen molar-refractivity contribution in [1.82, 2.24) is 15.1 Å². The number of halogens is 1. The molecule has 0 radical (unpaired) electrons. The molecule has 6 heteroatoms. The van der Waals surface area contributed by atoms with Crippen LogP contribution in [0.2, 0.25) is 0 Å². The molecule has 5 nitrogen and oxygen atoms in total. The first-order chi connectivity index (χ1) is 10.7. The van der Waals surface area contributed by atoms with Gasteiger partial charge in [0.2, 0.25) is 0 Å². The molecule has 0 spiro atoms. The number of piperazine rings is 1. The lowest BCUT2D eigenvalue weighted by atomic mass is 10.2.